The largest absolute Gasteiger partial charge is 0.368 e. The van der Waals surface area contributed by atoms with Crippen molar-refractivity contribution in [3.8, 4) is 0 Å². The number of rotatable bonds is 7. The van der Waals surface area contributed by atoms with E-state index in [1.807, 2.05) is 40.1 Å². The molecule has 1 saturated heterocycles. The Kier molecular flexibility index (Phi) is 6.34. The van der Waals surface area contributed by atoms with Gasteiger partial charge in [0.2, 0.25) is 15.9 Å². The number of primary amides is 1. The molecule has 160 valence electrons. The molecule has 30 heavy (non-hydrogen) atoms. The summed E-state index contributed by atoms with van der Waals surface area (Å²) in [6.07, 6.45) is 0. The number of hydrogen-bond donors (Lipinski definition) is 2. The number of benzene rings is 2. The summed E-state index contributed by atoms with van der Waals surface area (Å²) in [5.41, 5.74) is 6.49. The molecule has 0 saturated carbocycles. The van der Waals surface area contributed by atoms with Crippen molar-refractivity contribution in [1.29, 1.82) is 0 Å². The quantitative estimate of drug-likeness (QED) is 0.487. The molecular weight excluding hydrogens is 410 g/mol. The standard InChI is InChI=1S/C19H23N5O5S/c1-21-30(28,29)15-7-8-16(17(13-15)24(26)27)22-9-11-23(12-10-22)18(19(20)25)14-5-3-2-4-6-14/h2-8,13,18,21H,9-12H2,1H3,(H2,20,25). The molecule has 0 bridgehead atoms. The van der Waals surface area contributed by atoms with Gasteiger partial charge in [-0.2, -0.15) is 0 Å². The van der Waals surface area contributed by atoms with E-state index in [9.17, 15) is 23.3 Å². The zero-order chi connectivity index (χ0) is 21.9. The third-order valence-electron chi connectivity index (χ3n) is 5.13. The van der Waals surface area contributed by atoms with E-state index in [1.165, 1.54) is 19.2 Å². The molecule has 0 aliphatic carbocycles. The number of nitro benzene ring substituents is 1. The predicted molar refractivity (Wildman–Crippen MR) is 112 cm³/mol. The Hall–Kier alpha value is -3.02. The van der Waals surface area contributed by atoms with Crippen LogP contribution in [0.25, 0.3) is 0 Å². The number of carbonyl (C=O) groups excluding carboxylic acids is 1. The topological polar surface area (TPSA) is 139 Å². The number of sulfonamides is 1. The minimum Gasteiger partial charge on any atom is -0.368 e. The fraction of sp³-hybridized carbons (Fsp3) is 0.316. The van der Waals surface area contributed by atoms with Gasteiger partial charge in [0, 0.05) is 32.2 Å². The molecule has 2 aromatic carbocycles. The van der Waals surface area contributed by atoms with Crippen LogP contribution in [-0.2, 0) is 14.8 Å². The van der Waals surface area contributed by atoms with Gasteiger partial charge in [-0.25, -0.2) is 13.1 Å². The third kappa shape index (κ3) is 4.42. The van der Waals surface area contributed by atoms with E-state index in [-0.39, 0.29) is 10.6 Å². The number of nitrogens with zero attached hydrogens (tertiary/aromatic N) is 3. The van der Waals surface area contributed by atoms with Crippen molar-refractivity contribution < 1.29 is 18.1 Å². The highest BCUT2D eigenvalue weighted by molar-refractivity contribution is 7.89. The summed E-state index contributed by atoms with van der Waals surface area (Å²) in [6.45, 7) is 1.79. The van der Waals surface area contributed by atoms with E-state index in [2.05, 4.69) is 4.72 Å². The molecule has 0 spiro atoms. The third-order valence-corrected chi connectivity index (χ3v) is 6.54. The van der Waals surface area contributed by atoms with Gasteiger partial charge in [-0.1, -0.05) is 30.3 Å². The van der Waals surface area contributed by atoms with Gasteiger partial charge in [-0.15, -0.1) is 0 Å². The number of carbonyl (C=O) groups is 1. The SMILES string of the molecule is CNS(=O)(=O)c1ccc(N2CCN(C(C(N)=O)c3ccccc3)CC2)c([N+](=O)[O-])c1. The van der Waals surface area contributed by atoms with Crippen LogP contribution in [0.15, 0.2) is 53.4 Å². The van der Waals surface area contributed by atoms with Crippen molar-refractivity contribution in [1.82, 2.24) is 9.62 Å². The number of hydrogen-bond acceptors (Lipinski definition) is 7. The van der Waals surface area contributed by atoms with Gasteiger partial charge in [-0.05, 0) is 24.7 Å². The molecule has 0 aromatic heterocycles. The van der Waals surface area contributed by atoms with E-state index in [4.69, 9.17) is 5.73 Å². The first-order valence-corrected chi connectivity index (χ1v) is 10.8. The monoisotopic (exact) mass is 433 g/mol. The van der Waals surface area contributed by atoms with Crippen molar-refractivity contribution in [2.24, 2.45) is 5.73 Å². The van der Waals surface area contributed by atoms with Crippen LogP contribution in [0, 0.1) is 10.1 Å². The lowest BCUT2D eigenvalue weighted by Crippen LogP contribution is -2.50. The number of piperazine rings is 1. The van der Waals surface area contributed by atoms with Crippen molar-refractivity contribution in [3.63, 3.8) is 0 Å². The van der Waals surface area contributed by atoms with E-state index >= 15 is 0 Å². The lowest BCUT2D eigenvalue weighted by molar-refractivity contribution is -0.384. The Morgan fingerprint density at radius 3 is 2.30 bits per heavy atom. The van der Waals surface area contributed by atoms with Crippen molar-refractivity contribution in [2.75, 3.05) is 38.1 Å². The van der Waals surface area contributed by atoms with Crippen LogP contribution in [0.2, 0.25) is 0 Å². The zero-order valence-electron chi connectivity index (χ0n) is 16.4. The lowest BCUT2D eigenvalue weighted by atomic mass is 10.0. The Labute approximate surface area is 174 Å². The van der Waals surface area contributed by atoms with Crippen molar-refractivity contribution in [3.05, 3.63) is 64.2 Å². The molecule has 2 aromatic rings. The molecular formula is C19H23N5O5S. The summed E-state index contributed by atoms with van der Waals surface area (Å²) < 4.78 is 26.1. The van der Waals surface area contributed by atoms with Gasteiger partial charge >= 0.3 is 0 Å². The molecule has 0 radical (unpaired) electrons. The van der Waals surface area contributed by atoms with E-state index < -0.39 is 26.9 Å². The van der Waals surface area contributed by atoms with Crippen LogP contribution in [-0.4, -0.2) is 57.4 Å². The van der Waals surface area contributed by atoms with Crippen molar-refractivity contribution in [2.45, 2.75) is 10.9 Å². The fourth-order valence-electron chi connectivity index (χ4n) is 3.61. The first-order valence-electron chi connectivity index (χ1n) is 9.30. The lowest BCUT2D eigenvalue weighted by Gasteiger charge is -2.39. The predicted octanol–water partition coefficient (Wildman–Crippen LogP) is 0.852. The first-order chi connectivity index (χ1) is 14.2. The van der Waals surface area contributed by atoms with Crippen LogP contribution < -0.4 is 15.4 Å². The Morgan fingerprint density at radius 2 is 1.77 bits per heavy atom. The molecule has 1 amide bonds. The number of nitrogens with two attached hydrogens (primary N) is 1. The second kappa shape index (κ2) is 8.78. The highest BCUT2D eigenvalue weighted by Gasteiger charge is 2.31. The molecule has 3 N–H and O–H groups in total. The van der Waals surface area contributed by atoms with Crippen molar-refractivity contribution >= 4 is 27.3 Å². The summed E-state index contributed by atoms with van der Waals surface area (Å²) >= 11 is 0. The summed E-state index contributed by atoms with van der Waals surface area (Å²) in [4.78, 5) is 26.6. The molecule has 3 rings (SSSR count). The Bertz CT molecular complexity index is 1040. The van der Waals surface area contributed by atoms with Crippen LogP contribution in [0.4, 0.5) is 11.4 Å². The molecule has 11 heteroatoms. The normalized spacial score (nSPS) is 16.2. The highest BCUT2D eigenvalue weighted by atomic mass is 32.2. The van der Waals surface area contributed by atoms with Gasteiger partial charge in [0.05, 0.1) is 9.82 Å². The highest BCUT2D eigenvalue weighted by Crippen LogP contribution is 2.32. The average Bonchev–Trinajstić information content (AvgIpc) is 2.74. The minimum absolute atomic E-state index is 0.169. The molecule has 10 nitrogen and oxygen atoms in total. The first kappa shape index (κ1) is 21.7. The molecule has 1 heterocycles. The van der Waals surface area contributed by atoms with E-state index in [0.717, 1.165) is 11.6 Å². The number of amides is 1. The van der Waals surface area contributed by atoms with Gasteiger partial charge in [-0.3, -0.25) is 19.8 Å². The average molecular weight is 433 g/mol. The summed E-state index contributed by atoms with van der Waals surface area (Å²) in [5.74, 6) is -0.456. The number of nitrogens with one attached hydrogen (secondary N) is 1. The van der Waals surface area contributed by atoms with Crippen LogP contribution in [0.5, 0.6) is 0 Å². The fourth-order valence-corrected chi connectivity index (χ4v) is 4.36. The molecule has 1 aliphatic rings. The maximum atomic E-state index is 12.1. The van der Waals surface area contributed by atoms with Crippen LogP contribution >= 0.6 is 0 Å². The molecule has 1 unspecified atom stereocenters. The molecule has 1 fully saturated rings. The van der Waals surface area contributed by atoms with Gasteiger partial charge < -0.3 is 10.6 Å². The van der Waals surface area contributed by atoms with Crippen LogP contribution in [0.3, 0.4) is 0 Å². The second-order valence-electron chi connectivity index (χ2n) is 6.85. The number of nitro groups is 1. The van der Waals surface area contributed by atoms with Gasteiger partial charge in [0.15, 0.2) is 0 Å². The molecule has 1 aliphatic heterocycles. The van der Waals surface area contributed by atoms with Gasteiger partial charge in [0.1, 0.15) is 11.7 Å². The Balaban J connectivity index is 1.82. The molecule has 1 atom stereocenters. The second-order valence-corrected chi connectivity index (χ2v) is 8.74. The smallest absolute Gasteiger partial charge is 0.293 e. The summed E-state index contributed by atoms with van der Waals surface area (Å²) in [7, 11) is -2.55. The summed E-state index contributed by atoms with van der Waals surface area (Å²) in [6, 6.07) is 12.5. The summed E-state index contributed by atoms with van der Waals surface area (Å²) in [5, 5.41) is 11.6. The van der Waals surface area contributed by atoms with E-state index in [1.54, 1.807) is 0 Å². The van der Waals surface area contributed by atoms with Crippen LogP contribution in [0.1, 0.15) is 11.6 Å². The maximum absolute atomic E-state index is 12.1. The number of anilines is 1. The van der Waals surface area contributed by atoms with Gasteiger partial charge in [0.25, 0.3) is 5.69 Å². The minimum atomic E-state index is -3.79. The Morgan fingerprint density at radius 1 is 1.13 bits per heavy atom. The maximum Gasteiger partial charge on any atom is 0.293 e. The zero-order valence-corrected chi connectivity index (χ0v) is 17.2. The van der Waals surface area contributed by atoms with E-state index in [0.29, 0.717) is 31.9 Å².